The number of hydrogen-bond donors (Lipinski definition) is 0. The molecule has 1 aromatic heterocycles. The van der Waals surface area contributed by atoms with E-state index in [0.29, 0.717) is 29.0 Å². The molecule has 0 unspecified atom stereocenters. The van der Waals surface area contributed by atoms with Gasteiger partial charge in [0.25, 0.3) is 0 Å². The Morgan fingerprint density at radius 2 is 1.27 bits per heavy atom. The summed E-state index contributed by atoms with van der Waals surface area (Å²) in [6, 6.07) is 3.66. The highest BCUT2D eigenvalue weighted by Gasteiger charge is 2.17. The minimum Gasteiger partial charge on any atom is -0.493 e. The second-order valence-electron chi connectivity index (χ2n) is 7.71. The van der Waals surface area contributed by atoms with Crippen LogP contribution in [0.5, 0.6) is 17.2 Å². The molecule has 0 aliphatic carbocycles. The molecule has 1 aromatic carbocycles. The minimum absolute atomic E-state index is 0.535. The molecule has 0 atom stereocenters. The van der Waals surface area contributed by atoms with E-state index < -0.39 is 0 Å². The summed E-state index contributed by atoms with van der Waals surface area (Å²) in [5.41, 5.74) is 0.776. The van der Waals surface area contributed by atoms with Crippen LogP contribution in [0.15, 0.2) is 16.7 Å². The molecule has 0 aliphatic heterocycles. The molecule has 0 bridgehead atoms. The van der Waals surface area contributed by atoms with Crippen molar-refractivity contribution in [3.05, 3.63) is 18.0 Å². The summed E-state index contributed by atoms with van der Waals surface area (Å²) in [5, 5.41) is 4.12. The number of benzene rings is 1. The van der Waals surface area contributed by atoms with Gasteiger partial charge in [0, 0.05) is 12.0 Å². The molecule has 0 spiro atoms. The molecule has 0 N–H and O–H groups in total. The highest BCUT2D eigenvalue weighted by molar-refractivity contribution is 5.66. The number of aryl methyl sites for hydroxylation is 1. The Labute approximate surface area is 181 Å². The molecular formula is C24H38N2O4. The molecule has 2 aromatic rings. The molecule has 30 heavy (non-hydrogen) atoms. The van der Waals surface area contributed by atoms with Gasteiger partial charge < -0.3 is 18.7 Å². The Kier molecular flexibility index (Phi) is 11.1. The zero-order chi connectivity index (χ0) is 21.6. The number of methoxy groups -OCH3 is 3. The standard InChI is InChI=1S/C24H38N2O4/c1-5-6-7-8-9-10-11-12-13-14-15-16-22-25-24(26-30-22)19-17-20(27-2)23(29-4)21(18-19)28-3/h17-18H,5-16H2,1-4H3. The normalized spacial score (nSPS) is 10.9. The molecule has 0 saturated heterocycles. The van der Waals surface area contributed by atoms with Gasteiger partial charge in [0.05, 0.1) is 21.3 Å². The van der Waals surface area contributed by atoms with E-state index in [9.17, 15) is 0 Å². The maximum absolute atomic E-state index is 5.44. The molecule has 2 rings (SSSR count). The SMILES string of the molecule is CCCCCCCCCCCCCc1nc(-c2cc(OC)c(OC)c(OC)c2)no1. The predicted octanol–water partition coefficient (Wildman–Crippen LogP) is 6.62. The van der Waals surface area contributed by atoms with Crippen LogP contribution in [0.2, 0.25) is 0 Å². The molecule has 168 valence electrons. The van der Waals surface area contributed by atoms with Crippen LogP contribution < -0.4 is 14.2 Å². The Morgan fingerprint density at radius 1 is 0.733 bits per heavy atom. The molecular weight excluding hydrogens is 380 g/mol. The second-order valence-corrected chi connectivity index (χ2v) is 7.71. The van der Waals surface area contributed by atoms with Crippen LogP contribution in [0.4, 0.5) is 0 Å². The molecule has 0 fully saturated rings. The first-order valence-corrected chi connectivity index (χ1v) is 11.4. The van der Waals surface area contributed by atoms with Crippen molar-refractivity contribution in [1.82, 2.24) is 10.1 Å². The van der Waals surface area contributed by atoms with Crippen molar-refractivity contribution < 1.29 is 18.7 Å². The van der Waals surface area contributed by atoms with Gasteiger partial charge in [-0.2, -0.15) is 4.98 Å². The van der Waals surface area contributed by atoms with Gasteiger partial charge in [0.1, 0.15) is 0 Å². The molecule has 0 aliphatic rings. The summed E-state index contributed by atoms with van der Waals surface area (Å²) in [6.45, 7) is 2.27. The third-order valence-electron chi connectivity index (χ3n) is 5.39. The van der Waals surface area contributed by atoms with Crippen LogP contribution >= 0.6 is 0 Å². The molecule has 0 saturated carbocycles. The molecule has 0 amide bonds. The van der Waals surface area contributed by atoms with E-state index in [1.807, 2.05) is 12.1 Å². The first kappa shape index (κ1) is 24.0. The topological polar surface area (TPSA) is 66.6 Å². The lowest BCUT2D eigenvalue weighted by atomic mass is 10.1. The fourth-order valence-electron chi connectivity index (χ4n) is 3.62. The molecule has 6 nitrogen and oxygen atoms in total. The van der Waals surface area contributed by atoms with Gasteiger partial charge in [0.2, 0.25) is 17.5 Å². The average molecular weight is 419 g/mol. The molecule has 6 heteroatoms. The lowest BCUT2D eigenvalue weighted by molar-refractivity contribution is 0.324. The lowest BCUT2D eigenvalue weighted by Gasteiger charge is -2.12. The van der Waals surface area contributed by atoms with E-state index >= 15 is 0 Å². The third kappa shape index (κ3) is 7.54. The van der Waals surface area contributed by atoms with Crippen molar-refractivity contribution in [2.45, 2.75) is 84.0 Å². The lowest BCUT2D eigenvalue weighted by Crippen LogP contribution is -1.96. The van der Waals surface area contributed by atoms with Gasteiger partial charge in [-0.1, -0.05) is 76.3 Å². The van der Waals surface area contributed by atoms with Gasteiger partial charge in [0.15, 0.2) is 11.5 Å². The van der Waals surface area contributed by atoms with Crippen LogP contribution in [-0.2, 0) is 6.42 Å². The summed E-state index contributed by atoms with van der Waals surface area (Å²) < 4.78 is 21.6. The van der Waals surface area contributed by atoms with Crippen LogP contribution in [0.1, 0.15) is 83.4 Å². The predicted molar refractivity (Wildman–Crippen MR) is 120 cm³/mol. The first-order valence-electron chi connectivity index (χ1n) is 11.4. The Balaban J connectivity index is 1.73. The van der Waals surface area contributed by atoms with Gasteiger partial charge >= 0.3 is 0 Å². The Morgan fingerprint density at radius 3 is 1.77 bits per heavy atom. The van der Waals surface area contributed by atoms with Gasteiger partial charge in [-0.15, -0.1) is 0 Å². The minimum atomic E-state index is 0.535. The maximum Gasteiger partial charge on any atom is 0.226 e. The number of unbranched alkanes of at least 4 members (excludes halogenated alkanes) is 10. The van der Waals surface area contributed by atoms with Crippen molar-refractivity contribution in [3.8, 4) is 28.6 Å². The summed E-state index contributed by atoms with van der Waals surface area (Å²) in [4.78, 5) is 4.54. The highest BCUT2D eigenvalue weighted by atomic mass is 16.5. The molecule has 0 radical (unpaired) electrons. The van der Waals surface area contributed by atoms with Crippen LogP contribution in [0.25, 0.3) is 11.4 Å². The number of aromatic nitrogens is 2. The Bertz CT molecular complexity index is 705. The van der Waals surface area contributed by atoms with Crippen molar-refractivity contribution in [1.29, 1.82) is 0 Å². The van der Waals surface area contributed by atoms with E-state index in [4.69, 9.17) is 18.7 Å². The van der Waals surface area contributed by atoms with Crippen molar-refractivity contribution in [2.24, 2.45) is 0 Å². The van der Waals surface area contributed by atoms with E-state index in [1.54, 1.807) is 21.3 Å². The van der Waals surface area contributed by atoms with Crippen molar-refractivity contribution >= 4 is 0 Å². The zero-order valence-corrected chi connectivity index (χ0v) is 19.2. The zero-order valence-electron chi connectivity index (χ0n) is 19.2. The van der Waals surface area contributed by atoms with Gasteiger partial charge in [-0.3, -0.25) is 0 Å². The smallest absolute Gasteiger partial charge is 0.226 e. The van der Waals surface area contributed by atoms with Crippen molar-refractivity contribution in [3.63, 3.8) is 0 Å². The quantitative estimate of drug-likeness (QED) is 0.286. The monoisotopic (exact) mass is 418 g/mol. The second kappa shape index (κ2) is 13.9. The van der Waals surface area contributed by atoms with Crippen LogP contribution in [0.3, 0.4) is 0 Å². The van der Waals surface area contributed by atoms with E-state index in [-0.39, 0.29) is 0 Å². The third-order valence-corrected chi connectivity index (χ3v) is 5.39. The first-order chi connectivity index (χ1) is 14.7. The summed E-state index contributed by atoms with van der Waals surface area (Å²) >= 11 is 0. The van der Waals surface area contributed by atoms with E-state index in [2.05, 4.69) is 17.1 Å². The van der Waals surface area contributed by atoms with E-state index in [1.165, 1.54) is 64.2 Å². The summed E-state index contributed by atoms with van der Waals surface area (Å²) in [7, 11) is 4.77. The van der Waals surface area contributed by atoms with Crippen molar-refractivity contribution in [2.75, 3.05) is 21.3 Å². The largest absolute Gasteiger partial charge is 0.493 e. The summed E-state index contributed by atoms with van der Waals surface area (Å²) in [5.74, 6) is 2.91. The van der Waals surface area contributed by atoms with Gasteiger partial charge in [-0.05, 0) is 18.6 Å². The van der Waals surface area contributed by atoms with E-state index in [0.717, 1.165) is 18.4 Å². The number of hydrogen-bond acceptors (Lipinski definition) is 6. The average Bonchev–Trinajstić information content (AvgIpc) is 3.25. The van der Waals surface area contributed by atoms with Crippen LogP contribution in [0, 0.1) is 0 Å². The van der Waals surface area contributed by atoms with Gasteiger partial charge in [-0.25, -0.2) is 0 Å². The fourth-order valence-corrected chi connectivity index (χ4v) is 3.62. The number of ether oxygens (including phenoxy) is 3. The Hall–Kier alpha value is -2.24. The molecule has 1 heterocycles. The maximum atomic E-state index is 5.44. The number of rotatable bonds is 16. The van der Waals surface area contributed by atoms with Crippen LogP contribution in [-0.4, -0.2) is 31.5 Å². The number of nitrogens with zero attached hydrogens (tertiary/aromatic N) is 2. The summed E-state index contributed by atoms with van der Waals surface area (Å²) in [6.07, 6.45) is 15.4. The highest BCUT2D eigenvalue weighted by Crippen LogP contribution is 2.40. The fraction of sp³-hybridized carbons (Fsp3) is 0.667.